The number of anilines is 3. The molecule has 6 heteroatoms. The molecule has 2 N–H and O–H groups in total. The van der Waals surface area contributed by atoms with Crippen molar-refractivity contribution in [3.05, 3.63) is 35.5 Å². The summed E-state index contributed by atoms with van der Waals surface area (Å²) in [6, 6.07) is 7.82. The van der Waals surface area contributed by atoms with E-state index in [9.17, 15) is 0 Å². The third kappa shape index (κ3) is 4.33. The molecule has 0 bridgehead atoms. The molecular formula is C16H22N4O2. The Morgan fingerprint density at radius 3 is 2.64 bits per heavy atom. The molecule has 0 aliphatic carbocycles. The van der Waals surface area contributed by atoms with Gasteiger partial charge in [0.1, 0.15) is 11.6 Å². The fraction of sp³-hybridized carbons (Fsp3) is 0.375. The minimum Gasteiger partial charge on any atom is -0.495 e. The van der Waals surface area contributed by atoms with E-state index in [1.165, 1.54) is 0 Å². The van der Waals surface area contributed by atoms with Crippen molar-refractivity contribution in [1.29, 1.82) is 0 Å². The van der Waals surface area contributed by atoms with Crippen LogP contribution in [0.4, 0.5) is 17.5 Å². The third-order valence-corrected chi connectivity index (χ3v) is 3.07. The van der Waals surface area contributed by atoms with E-state index in [2.05, 4.69) is 20.6 Å². The Morgan fingerprint density at radius 1 is 1.09 bits per heavy atom. The van der Waals surface area contributed by atoms with Gasteiger partial charge in [-0.3, -0.25) is 0 Å². The Bertz CT molecular complexity index is 632. The molecule has 1 heterocycles. The maximum atomic E-state index is 5.36. The number of nitrogens with zero attached hydrogens (tertiary/aromatic N) is 2. The van der Waals surface area contributed by atoms with E-state index in [1.54, 1.807) is 14.2 Å². The molecule has 0 amide bonds. The molecule has 0 unspecified atom stereocenters. The third-order valence-electron chi connectivity index (χ3n) is 3.07. The van der Waals surface area contributed by atoms with Crippen molar-refractivity contribution in [3.63, 3.8) is 0 Å². The van der Waals surface area contributed by atoms with Crippen molar-refractivity contribution in [2.75, 3.05) is 38.0 Å². The number of rotatable bonds is 7. The van der Waals surface area contributed by atoms with E-state index in [4.69, 9.17) is 9.47 Å². The van der Waals surface area contributed by atoms with Crippen molar-refractivity contribution in [1.82, 2.24) is 9.97 Å². The minimum atomic E-state index is 0.531. The average Bonchev–Trinajstić information content (AvgIpc) is 2.47. The molecule has 1 aromatic carbocycles. The first kappa shape index (κ1) is 16.0. The van der Waals surface area contributed by atoms with Gasteiger partial charge in [-0.15, -0.1) is 0 Å². The summed E-state index contributed by atoms with van der Waals surface area (Å²) in [7, 11) is 3.31. The van der Waals surface area contributed by atoms with Crippen LogP contribution in [0.25, 0.3) is 0 Å². The molecule has 0 fully saturated rings. The molecule has 6 nitrogen and oxygen atoms in total. The molecule has 0 saturated heterocycles. The van der Waals surface area contributed by atoms with Gasteiger partial charge >= 0.3 is 0 Å². The Hall–Kier alpha value is -2.34. The van der Waals surface area contributed by atoms with Gasteiger partial charge in [-0.2, -0.15) is 4.98 Å². The molecule has 118 valence electrons. The Morgan fingerprint density at radius 2 is 1.91 bits per heavy atom. The zero-order chi connectivity index (χ0) is 15.9. The highest BCUT2D eigenvalue weighted by molar-refractivity contribution is 5.64. The molecule has 0 aliphatic heterocycles. The zero-order valence-electron chi connectivity index (χ0n) is 13.4. The van der Waals surface area contributed by atoms with Crippen LogP contribution in [0.2, 0.25) is 0 Å². The van der Waals surface area contributed by atoms with Gasteiger partial charge in [0, 0.05) is 25.4 Å². The predicted molar refractivity (Wildman–Crippen MR) is 88.1 cm³/mol. The number of benzene rings is 1. The van der Waals surface area contributed by atoms with Gasteiger partial charge in [0.25, 0.3) is 0 Å². The molecule has 2 rings (SSSR count). The molecule has 0 saturated carbocycles. The molecule has 0 radical (unpaired) electrons. The van der Waals surface area contributed by atoms with E-state index in [0.717, 1.165) is 28.5 Å². The standard InChI is InChI=1S/C16H22N4O2/c1-11-5-6-14(22-4)13(9-11)19-16-18-12(2)10-15(20-16)17-7-8-21-3/h5-6,9-10H,7-8H2,1-4H3,(H2,17,18,19,20). The maximum absolute atomic E-state index is 5.36. The van der Waals surface area contributed by atoms with Crippen LogP contribution in [-0.2, 0) is 4.74 Å². The van der Waals surface area contributed by atoms with Crippen LogP contribution in [0.1, 0.15) is 11.3 Å². The number of hydrogen-bond acceptors (Lipinski definition) is 6. The van der Waals surface area contributed by atoms with E-state index in [-0.39, 0.29) is 0 Å². The largest absolute Gasteiger partial charge is 0.495 e. The second kappa shape index (κ2) is 7.61. The lowest BCUT2D eigenvalue weighted by atomic mass is 10.2. The summed E-state index contributed by atoms with van der Waals surface area (Å²) < 4.78 is 10.4. The van der Waals surface area contributed by atoms with Crippen molar-refractivity contribution in [3.8, 4) is 5.75 Å². The first-order chi connectivity index (χ1) is 10.6. The Kier molecular flexibility index (Phi) is 5.55. The van der Waals surface area contributed by atoms with Crippen LogP contribution in [-0.4, -0.2) is 37.3 Å². The van der Waals surface area contributed by atoms with Crippen molar-refractivity contribution in [2.24, 2.45) is 0 Å². The lowest BCUT2D eigenvalue weighted by molar-refractivity contribution is 0.210. The van der Waals surface area contributed by atoms with Crippen molar-refractivity contribution in [2.45, 2.75) is 13.8 Å². The van der Waals surface area contributed by atoms with Gasteiger partial charge in [0.2, 0.25) is 5.95 Å². The highest BCUT2D eigenvalue weighted by Gasteiger charge is 2.07. The van der Waals surface area contributed by atoms with E-state index >= 15 is 0 Å². The normalized spacial score (nSPS) is 10.4. The van der Waals surface area contributed by atoms with E-state index in [0.29, 0.717) is 19.1 Å². The summed E-state index contributed by atoms with van der Waals surface area (Å²) in [5, 5.41) is 6.42. The highest BCUT2D eigenvalue weighted by atomic mass is 16.5. The van der Waals surface area contributed by atoms with Crippen LogP contribution < -0.4 is 15.4 Å². The topological polar surface area (TPSA) is 68.3 Å². The highest BCUT2D eigenvalue weighted by Crippen LogP contribution is 2.27. The fourth-order valence-corrected chi connectivity index (χ4v) is 2.04. The van der Waals surface area contributed by atoms with Crippen LogP contribution in [0.3, 0.4) is 0 Å². The number of aromatic nitrogens is 2. The first-order valence-electron chi connectivity index (χ1n) is 7.12. The van der Waals surface area contributed by atoms with E-state index in [1.807, 2.05) is 38.1 Å². The number of aryl methyl sites for hydroxylation is 2. The smallest absolute Gasteiger partial charge is 0.229 e. The molecule has 1 aromatic heterocycles. The van der Waals surface area contributed by atoms with E-state index < -0.39 is 0 Å². The van der Waals surface area contributed by atoms with Gasteiger partial charge < -0.3 is 20.1 Å². The van der Waals surface area contributed by atoms with Crippen molar-refractivity contribution >= 4 is 17.5 Å². The summed E-state index contributed by atoms with van der Waals surface area (Å²) >= 11 is 0. The quantitative estimate of drug-likeness (QED) is 0.767. The average molecular weight is 302 g/mol. The monoisotopic (exact) mass is 302 g/mol. The number of ether oxygens (including phenoxy) is 2. The second-order valence-electron chi connectivity index (χ2n) is 4.97. The number of nitrogens with one attached hydrogen (secondary N) is 2. The lowest BCUT2D eigenvalue weighted by Crippen LogP contribution is -2.10. The molecule has 0 aliphatic rings. The van der Waals surface area contributed by atoms with Gasteiger partial charge in [0.15, 0.2) is 0 Å². The summed E-state index contributed by atoms with van der Waals surface area (Å²) in [5.74, 6) is 2.05. The second-order valence-corrected chi connectivity index (χ2v) is 4.97. The lowest BCUT2D eigenvalue weighted by Gasteiger charge is -2.12. The summed E-state index contributed by atoms with van der Waals surface area (Å²) in [6.07, 6.45) is 0. The summed E-state index contributed by atoms with van der Waals surface area (Å²) in [5.41, 5.74) is 2.86. The van der Waals surface area contributed by atoms with Crippen LogP contribution in [0.5, 0.6) is 5.75 Å². The van der Waals surface area contributed by atoms with Gasteiger partial charge in [-0.25, -0.2) is 4.98 Å². The summed E-state index contributed by atoms with van der Waals surface area (Å²) in [6.45, 7) is 5.28. The van der Waals surface area contributed by atoms with Gasteiger partial charge in [-0.05, 0) is 31.5 Å². The molecule has 22 heavy (non-hydrogen) atoms. The van der Waals surface area contributed by atoms with Gasteiger partial charge in [-0.1, -0.05) is 6.07 Å². The molecular weight excluding hydrogens is 280 g/mol. The molecule has 0 spiro atoms. The minimum absolute atomic E-state index is 0.531. The number of methoxy groups -OCH3 is 2. The van der Waals surface area contributed by atoms with Crippen LogP contribution in [0, 0.1) is 13.8 Å². The zero-order valence-corrected chi connectivity index (χ0v) is 13.4. The Balaban J connectivity index is 2.20. The van der Waals surface area contributed by atoms with Crippen LogP contribution >= 0.6 is 0 Å². The first-order valence-corrected chi connectivity index (χ1v) is 7.12. The fourth-order valence-electron chi connectivity index (χ4n) is 2.04. The van der Waals surface area contributed by atoms with Crippen LogP contribution in [0.15, 0.2) is 24.3 Å². The Labute approximate surface area is 130 Å². The summed E-state index contributed by atoms with van der Waals surface area (Å²) in [4.78, 5) is 8.87. The number of hydrogen-bond donors (Lipinski definition) is 2. The molecule has 2 aromatic rings. The predicted octanol–water partition coefficient (Wildman–Crippen LogP) is 2.90. The van der Waals surface area contributed by atoms with Gasteiger partial charge in [0.05, 0.1) is 19.4 Å². The molecule has 0 atom stereocenters. The maximum Gasteiger partial charge on any atom is 0.229 e. The SMILES string of the molecule is COCCNc1cc(C)nc(Nc2cc(C)ccc2OC)n1. The van der Waals surface area contributed by atoms with Crippen molar-refractivity contribution < 1.29 is 9.47 Å².